The Morgan fingerprint density at radius 3 is 2.29 bits per heavy atom. The van der Waals surface area contributed by atoms with Crippen molar-refractivity contribution in [3.8, 4) is 0 Å². The second-order valence-corrected chi connectivity index (χ2v) is 6.21. The zero-order valence-corrected chi connectivity index (χ0v) is 12.8. The lowest BCUT2D eigenvalue weighted by atomic mass is 9.75. The third-order valence-electron chi connectivity index (χ3n) is 4.43. The molecule has 0 unspecified atom stereocenters. The number of hydrogen-bond donors (Lipinski definition) is 0. The van der Waals surface area contributed by atoms with Crippen molar-refractivity contribution in [1.82, 2.24) is 9.78 Å². The van der Waals surface area contributed by atoms with Gasteiger partial charge in [-0.3, -0.25) is 4.68 Å². The normalized spacial score (nSPS) is 19.5. The number of aromatic nitrogens is 2. The highest BCUT2D eigenvalue weighted by molar-refractivity contribution is 9.09. The van der Waals surface area contributed by atoms with E-state index in [1.54, 1.807) is 0 Å². The minimum absolute atomic E-state index is 0.438. The van der Waals surface area contributed by atoms with Crippen LogP contribution in [0.15, 0.2) is 0 Å². The highest BCUT2D eigenvalue weighted by Crippen LogP contribution is 2.39. The van der Waals surface area contributed by atoms with Crippen LogP contribution in [0.1, 0.15) is 49.1 Å². The standard InChI is InChI=1S/C14H23BrN2/c1-11-12(2)16-17(13(11)3)10-14(9-15)7-5-4-6-8-14/h4-10H2,1-3H3. The van der Waals surface area contributed by atoms with Crippen molar-refractivity contribution in [2.45, 2.75) is 59.4 Å². The summed E-state index contributed by atoms with van der Waals surface area (Å²) < 4.78 is 2.23. The summed E-state index contributed by atoms with van der Waals surface area (Å²) in [6.45, 7) is 7.56. The van der Waals surface area contributed by atoms with Crippen LogP contribution in [-0.2, 0) is 6.54 Å². The summed E-state index contributed by atoms with van der Waals surface area (Å²) in [5.41, 5.74) is 4.32. The van der Waals surface area contributed by atoms with Crippen molar-refractivity contribution >= 4 is 15.9 Å². The van der Waals surface area contributed by atoms with Crippen molar-refractivity contribution in [2.75, 3.05) is 5.33 Å². The molecule has 2 nitrogen and oxygen atoms in total. The average Bonchev–Trinajstić information content (AvgIpc) is 2.58. The van der Waals surface area contributed by atoms with Gasteiger partial charge in [0.15, 0.2) is 0 Å². The first-order valence-corrected chi connectivity index (χ1v) is 7.77. The zero-order chi connectivity index (χ0) is 12.5. The Morgan fingerprint density at radius 2 is 1.82 bits per heavy atom. The Balaban J connectivity index is 2.20. The number of hydrogen-bond acceptors (Lipinski definition) is 1. The molecule has 0 radical (unpaired) electrons. The van der Waals surface area contributed by atoms with Gasteiger partial charge >= 0.3 is 0 Å². The SMILES string of the molecule is Cc1nn(CC2(CBr)CCCCC2)c(C)c1C. The molecule has 1 fully saturated rings. The molecule has 1 heterocycles. The molecule has 1 aliphatic rings. The fraction of sp³-hybridized carbons (Fsp3) is 0.786. The lowest BCUT2D eigenvalue weighted by molar-refractivity contribution is 0.182. The fourth-order valence-corrected chi connectivity index (χ4v) is 3.63. The smallest absolute Gasteiger partial charge is 0.0625 e. The van der Waals surface area contributed by atoms with Gasteiger partial charge in [-0.25, -0.2) is 0 Å². The minimum atomic E-state index is 0.438. The van der Waals surface area contributed by atoms with Gasteiger partial charge in [-0.1, -0.05) is 35.2 Å². The van der Waals surface area contributed by atoms with Crippen molar-refractivity contribution in [2.24, 2.45) is 5.41 Å². The molecule has 0 spiro atoms. The molecule has 3 heteroatoms. The van der Waals surface area contributed by atoms with E-state index < -0.39 is 0 Å². The van der Waals surface area contributed by atoms with Crippen LogP contribution < -0.4 is 0 Å². The summed E-state index contributed by atoms with van der Waals surface area (Å²) in [6.07, 6.45) is 6.85. The van der Waals surface area contributed by atoms with Crippen LogP contribution in [0.25, 0.3) is 0 Å². The minimum Gasteiger partial charge on any atom is -0.269 e. The van der Waals surface area contributed by atoms with Gasteiger partial charge in [-0.2, -0.15) is 5.10 Å². The molecule has 2 rings (SSSR count). The lowest BCUT2D eigenvalue weighted by Gasteiger charge is -2.36. The van der Waals surface area contributed by atoms with E-state index in [0.29, 0.717) is 5.41 Å². The number of halogens is 1. The average molecular weight is 299 g/mol. The van der Waals surface area contributed by atoms with Crippen LogP contribution in [0.5, 0.6) is 0 Å². The Morgan fingerprint density at radius 1 is 1.18 bits per heavy atom. The fourth-order valence-electron chi connectivity index (χ4n) is 2.89. The van der Waals surface area contributed by atoms with E-state index in [0.717, 1.165) is 11.9 Å². The van der Waals surface area contributed by atoms with Gasteiger partial charge in [-0.05, 0) is 44.6 Å². The van der Waals surface area contributed by atoms with Crippen LogP contribution >= 0.6 is 15.9 Å². The van der Waals surface area contributed by atoms with Crippen molar-refractivity contribution < 1.29 is 0 Å². The molecule has 1 aliphatic carbocycles. The third-order valence-corrected chi connectivity index (χ3v) is 5.62. The van der Waals surface area contributed by atoms with Crippen molar-refractivity contribution in [1.29, 1.82) is 0 Å². The Kier molecular flexibility index (Phi) is 3.96. The van der Waals surface area contributed by atoms with Gasteiger partial charge in [0.05, 0.1) is 5.69 Å². The molecular formula is C14H23BrN2. The van der Waals surface area contributed by atoms with E-state index in [1.165, 1.54) is 49.1 Å². The van der Waals surface area contributed by atoms with E-state index in [4.69, 9.17) is 5.10 Å². The maximum atomic E-state index is 4.69. The summed E-state index contributed by atoms with van der Waals surface area (Å²) in [4.78, 5) is 0. The van der Waals surface area contributed by atoms with E-state index >= 15 is 0 Å². The van der Waals surface area contributed by atoms with Crippen molar-refractivity contribution in [3.63, 3.8) is 0 Å². The number of rotatable bonds is 3. The van der Waals surface area contributed by atoms with E-state index in [-0.39, 0.29) is 0 Å². The van der Waals surface area contributed by atoms with Crippen LogP contribution in [0.2, 0.25) is 0 Å². The molecule has 0 bridgehead atoms. The van der Waals surface area contributed by atoms with Gasteiger partial charge < -0.3 is 0 Å². The molecule has 0 atom stereocenters. The van der Waals surface area contributed by atoms with Crippen LogP contribution in [0, 0.1) is 26.2 Å². The molecule has 1 saturated carbocycles. The van der Waals surface area contributed by atoms with Gasteiger partial charge in [0.1, 0.15) is 0 Å². The van der Waals surface area contributed by atoms with E-state index in [2.05, 4.69) is 41.4 Å². The number of nitrogens with zero attached hydrogens (tertiary/aromatic N) is 2. The van der Waals surface area contributed by atoms with E-state index in [9.17, 15) is 0 Å². The summed E-state index contributed by atoms with van der Waals surface area (Å²) in [6, 6.07) is 0. The van der Waals surface area contributed by atoms with Crippen LogP contribution in [0.3, 0.4) is 0 Å². The first-order chi connectivity index (χ1) is 8.08. The highest BCUT2D eigenvalue weighted by Gasteiger charge is 2.32. The Hall–Kier alpha value is -0.310. The zero-order valence-electron chi connectivity index (χ0n) is 11.2. The molecule has 17 heavy (non-hydrogen) atoms. The molecule has 1 aromatic heterocycles. The summed E-state index contributed by atoms with van der Waals surface area (Å²) in [5.74, 6) is 0. The van der Waals surface area contributed by atoms with Gasteiger partial charge in [0.25, 0.3) is 0 Å². The predicted octanol–water partition coefficient (Wildman–Crippen LogP) is 4.15. The molecule has 0 saturated heterocycles. The molecule has 0 aliphatic heterocycles. The quantitative estimate of drug-likeness (QED) is 0.767. The number of aryl methyl sites for hydroxylation is 1. The second kappa shape index (κ2) is 5.13. The molecule has 0 N–H and O–H groups in total. The van der Waals surface area contributed by atoms with Gasteiger partial charge in [-0.15, -0.1) is 0 Å². The van der Waals surface area contributed by atoms with Gasteiger partial charge in [0.2, 0.25) is 0 Å². The van der Waals surface area contributed by atoms with Gasteiger partial charge in [0, 0.05) is 17.6 Å². The van der Waals surface area contributed by atoms with Crippen LogP contribution in [0.4, 0.5) is 0 Å². The van der Waals surface area contributed by atoms with E-state index in [1.807, 2.05) is 0 Å². The van der Waals surface area contributed by atoms with Crippen molar-refractivity contribution in [3.05, 3.63) is 17.0 Å². The third kappa shape index (κ3) is 2.59. The monoisotopic (exact) mass is 298 g/mol. The first-order valence-electron chi connectivity index (χ1n) is 6.64. The first kappa shape index (κ1) is 13.1. The number of alkyl halides is 1. The predicted molar refractivity (Wildman–Crippen MR) is 75.8 cm³/mol. The molecule has 0 aromatic carbocycles. The Labute approximate surface area is 113 Å². The van der Waals surface area contributed by atoms with Crippen LogP contribution in [-0.4, -0.2) is 15.1 Å². The molecule has 96 valence electrons. The summed E-state index contributed by atoms with van der Waals surface area (Å²) >= 11 is 3.73. The summed E-state index contributed by atoms with van der Waals surface area (Å²) in [5, 5.41) is 5.80. The Bertz CT molecular complexity index is 389. The summed E-state index contributed by atoms with van der Waals surface area (Å²) in [7, 11) is 0. The molecule has 1 aromatic rings. The maximum absolute atomic E-state index is 4.69. The highest BCUT2D eigenvalue weighted by atomic mass is 79.9. The maximum Gasteiger partial charge on any atom is 0.0625 e. The molecular weight excluding hydrogens is 276 g/mol. The second-order valence-electron chi connectivity index (χ2n) is 5.65. The molecule has 0 amide bonds. The lowest BCUT2D eigenvalue weighted by Crippen LogP contribution is -2.32. The topological polar surface area (TPSA) is 17.8 Å². The largest absolute Gasteiger partial charge is 0.269 e.